The molecule has 0 unspecified atom stereocenters. The number of aromatic nitrogens is 4. The predicted molar refractivity (Wildman–Crippen MR) is 101 cm³/mol. The number of aryl methyl sites for hydroxylation is 1. The minimum absolute atomic E-state index is 0.217. The van der Waals surface area contributed by atoms with Gasteiger partial charge in [0.25, 0.3) is 5.91 Å². The normalized spacial score (nSPS) is 12.1. The molecule has 0 saturated carbocycles. The second kappa shape index (κ2) is 8.59. The van der Waals surface area contributed by atoms with Crippen molar-refractivity contribution in [3.63, 3.8) is 0 Å². The molecule has 3 rings (SSSR count). The van der Waals surface area contributed by atoms with Gasteiger partial charge in [-0.15, -0.1) is 10.2 Å². The molecule has 0 bridgehead atoms. The number of ether oxygens (including phenoxy) is 2. The van der Waals surface area contributed by atoms with Gasteiger partial charge < -0.3 is 19.4 Å². The summed E-state index contributed by atoms with van der Waals surface area (Å²) >= 11 is 0. The highest BCUT2D eigenvalue weighted by Gasteiger charge is 2.19. The van der Waals surface area contributed by atoms with Gasteiger partial charge >= 0.3 is 0 Å². The fraction of sp³-hybridized carbons (Fsp3) is 0.368. The standard InChI is InChI=1S/C19H23N5O3/c1-13(18-23-20-12-24(18)9-6-10-26-2)21-19(25)15-11-17(27-3)22-16-8-5-4-7-14(15)16/h4-5,7-8,11-13H,6,9-10H2,1-3H3,(H,21,25)/t13-/m1/s1. The fourth-order valence-electron chi connectivity index (χ4n) is 2.93. The highest BCUT2D eigenvalue weighted by atomic mass is 16.5. The van der Waals surface area contributed by atoms with Gasteiger partial charge in [0.2, 0.25) is 5.88 Å². The average Bonchev–Trinajstić information content (AvgIpc) is 3.16. The van der Waals surface area contributed by atoms with Gasteiger partial charge in [0, 0.05) is 31.7 Å². The summed E-state index contributed by atoms with van der Waals surface area (Å²) in [6.07, 6.45) is 2.51. The Bertz CT molecular complexity index is 925. The Hall–Kier alpha value is -3.00. The van der Waals surface area contributed by atoms with Crippen LogP contribution in [0.2, 0.25) is 0 Å². The van der Waals surface area contributed by atoms with E-state index in [-0.39, 0.29) is 11.9 Å². The Morgan fingerprint density at radius 2 is 2.11 bits per heavy atom. The van der Waals surface area contributed by atoms with E-state index < -0.39 is 0 Å². The predicted octanol–water partition coefficient (Wildman–Crippen LogP) is 2.36. The third-order valence-electron chi connectivity index (χ3n) is 4.27. The highest BCUT2D eigenvalue weighted by Crippen LogP contribution is 2.22. The number of carbonyl (C=O) groups is 1. The number of rotatable bonds is 8. The van der Waals surface area contributed by atoms with E-state index in [9.17, 15) is 4.79 Å². The molecule has 2 heterocycles. The molecule has 27 heavy (non-hydrogen) atoms. The molecule has 8 nitrogen and oxygen atoms in total. The van der Waals surface area contributed by atoms with Crippen LogP contribution in [0.25, 0.3) is 10.9 Å². The molecule has 0 spiro atoms. The van der Waals surface area contributed by atoms with Crippen LogP contribution in [0.15, 0.2) is 36.7 Å². The van der Waals surface area contributed by atoms with E-state index in [2.05, 4.69) is 20.5 Å². The summed E-state index contributed by atoms with van der Waals surface area (Å²) in [6, 6.07) is 8.82. The lowest BCUT2D eigenvalue weighted by Gasteiger charge is -2.16. The van der Waals surface area contributed by atoms with E-state index in [1.54, 1.807) is 19.5 Å². The van der Waals surface area contributed by atoms with Gasteiger partial charge in [0.1, 0.15) is 6.33 Å². The number of methoxy groups -OCH3 is 2. The maximum atomic E-state index is 12.9. The number of hydrogen-bond donors (Lipinski definition) is 1. The second-order valence-electron chi connectivity index (χ2n) is 6.15. The van der Waals surface area contributed by atoms with Crippen molar-refractivity contribution >= 4 is 16.8 Å². The molecule has 8 heteroatoms. The lowest BCUT2D eigenvalue weighted by atomic mass is 10.1. The van der Waals surface area contributed by atoms with Gasteiger partial charge in [-0.1, -0.05) is 18.2 Å². The Kier molecular flexibility index (Phi) is 5.97. The molecule has 2 aromatic heterocycles. The van der Waals surface area contributed by atoms with Crippen LogP contribution in [0.5, 0.6) is 5.88 Å². The van der Waals surface area contributed by atoms with Crippen molar-refractivity contribution in [2.24, 2.45) is 0 Å². The Morgan fingerprint density at radius 3 is 2.89 bits per heavy atom. The van der Waals surface area contributed by atoms with Gasteiger partial charge in [0.15, 0.2) is 5.82 Å². The van der Waals surface area contributed by atoms with Gasteiger partial charge in [-0.05, 0) is 19.4 Å². The minimum Gasteiger partial charge on any atom is -0.481 e. The summed E-state index contributed by atoms with van der Waals surface area (Å²) in [5.74, 6) is 0.879. The molecule has 1 amide bonds. The van der Waals surface area contributed by atoms with E-state index in [4.69, 9.17) is 9.47 Å². The first kappa shape index (κ1) is 18.8. The van der Waals surface area contributed by atoms with Crippen molar-refractivity contribution in [2.45, 2.75) is 25.9 Å². The van der Waals surface area contributed by atoms with Gasteiger partial charge in [-0.3, -0.25) is 4.79 Å². The van der Waals surface area contributed by atoms with Crippen LogP contribution in [0, 0.1) is 0 Å². The molecule has 1 N–H and O–H groups in total. The van der Waals surface area contributed by atoms with Crippen molar-refractivity contribution in [2.75, 3.05) is 20.8 Å². The Balaban J connectivity index is 1.82. The smallest absolute Gasteiger partial charge is 0.252 e. The third-order valence-corrected chi connectivity index (χ3v) is 4.27. The first-order valence-corrected chi connectivity index (χ1v) is 8.75. The van der Waals surface area contributed by atoms with E-state index in [1.807, 2.05) is 35.8 Å². The van der Waals surface area contributed by atoms with E-state index >= 15 is 0 Å². The highest BCUT2D eigenvalue weighted by molar-refractivity contribution is 6.06. The lowest BCUT2D eigenvalue weighted by molar-refractivity contribution is 0.0938. The topological polar surface area (TPSA) is 91.2 Å². The number of benzene rings is 1. The number of fused-ring (bicyclic) bond motifs is 1. The van der Waals surface area contributed by atoms with Crippen LogP contribution in [-0.4, -0.2) is 46.5 Å². The zero-order valence-corrected chi connectivity index (χ0v) is 15.7. The third kappa shape index (κ3) is 4.22. The zero-order valence-electron chi connectivity index (χ0n) is 15.7. The van der Waals surface area contributed by atoms with Crippen LogP contribution < -0.4 is 10.1 Å². The van der Waals surface area contributed by atoms with E-state index in [0.717, 1.165) is 18.4 Å². The Labute approximate surface area is 157 Å². The number of nitrogens with zero attached hydrogens (tertiary/aromatic N) is 4. The summed E-state index contributed by atoms with van der Waals surface area (Å²) < 4.78 is 12.2. The van der Waals surface area contributed by atoms with E-state index in [0.29, 0.717) is 29.4 Å². The number of nitrogens with one attached hydrogen (secondary N) is 1. The summed E-state index contributed by atoms with van der Waals surface area (Å²) in [7, 11) is 3.20. The Morgan fingerprint density at radius 1 is 1.30 bits per heavy atom. The van der Waals surface area contributed by atoms with Crippen LogP contribution >= 0.6 is 0 Å². The quantitative estimate of drug-likeness (QED) is 0.613. The summed E-state index contributed by atoms with van der Waals surface area (Å²) in [4.78, 5) is 17.3. The molecule has 1 atom stereocenters. The number of pyridine rings is 1. The summed E-state index contributed by atoms with van der Waals surface area (Å²) in [6.45, 7) is 3.26. The second-order valence-corrected chi connectivity index (χ2v) is 6.15. The maximum Gasteiger partial charge on any atom is 0.252 e. The minimum atomic E-state index is -0.305. The van der Waals surface area contributed by atoms with Crippen LogP contribution in [0.1, 0.15) is 35.6 Å². The number of hydrogen-bond acceptors (Lipinski definition) is 6. The molecular formula is C19H23N5O3. The molecule has 0 aliphatic rings. The van der Waals surface area contributed by atoms with Crippen LogP contribution in [0.4, 0.5) is 0 Å². The van der Waals surface area contributed by atoms with Crippen molar-refractivity contribution in [3.8, 4) is 5.88 Å². The summed E-state index contributed by atoms with van der Waals surface area (Å²) in [5, 5.41) is 11.9. The van der Waals surface area contributed by atoms with Gasteiger partial charge in [0.05, 0.1) is 24.2 Å². The molecule has 0 aliphatic heterocycles. The van der Waals surface area contributed by atoms with Crippen molar-refractivity contribution in [1.82, 2.24) is 25.1 Å². The number of carbonyl (C=O) groups excluding carboxylic acids is 1. The molecule has 142 valence electrons. The maximum absolute atomic E-state index is 12.9. The van der Waals surface area contributed by atoms with Crippen LogP contribution in [0.3, 0.4) is 0 Å². The van der Waals surface area contributed by atoms with Gasteiger partial charge in [-0.2, -0.15) is 0 Å². The SMILES string of the molecule is COCCCn1cnnc1[C@@H](C)NC(=O)c1cc(OC)nc2ccccc12. The zero-order chi connectivity index (χ0) is 19.2. The van der Waals surface area contributed by atoms with Crippen molar-refractivity contribution < 1.29 is 14.3 Å². The monoisotopic (exact) mass is 369 g/mol. The van der Waals surface area contributed by atoms with E-state index in [1.165, 1.54) is 7.11 Å². The molecule has 1 aromatic carbocycles. The van der Waals surface area contributed by atoms with Crippen molar-refractivity contribution in [3.05, 3.63) is 48.0 Å². The van der Waals surface area contributed by atoms with Gasteiger partial charge in [-0.25, -0.2) is 4.98 Å². The molecule has 0 aliphatic carbocycles. The first-order valence-electron chi connectivity index (χ1n) is 8.75. The molecule has 3 aromatic rings. The summed E-state index contributed by atoms with van der Waals surface area (Å²) in [5.41, 5.74) is 1.21. The molecular weight excluding hydrogens is 346 g/mol. The number of para-hydroxylation sites is 1. The lowest BCUT2D eigenvalue weighted by Crippen LogP contribution is -2.29. The first-order chi connectivity index (χ1) is 13.1. The molecule has 0 fully saturated rings. The fourth-order valence-corrected chi connectivity index (χ4v) is 2.93. The van der Waals surface area contributed by atoms with Crippen LogP contribution in [-0.2, 0) is 11.3 Å². The largest absolute Gasteiger partial charge is 0.481 e. The number of amides is 1. The molecule has 0 saturated heterocycles. The van der Waals surface area contributed by atoms with Crippen molar-refractivity contribution in [1.29, 1.82) is 0 Å². The molecule has 0 radical (unpaired) electrons. The average molecular weight is 369 g/mol.